The molecule has 1 unspecified atom stereocenters. The highest BCUT2D eigenvalue weighted by molar-refractivity contribution is 5.96. The Morgan fingerprint density at radius 3 is 2.41 bits per heavy atom. The molecule has 1 heterocycles. The minimum atomic E-state index is -1.35. The fourth-order valence-corrected chi connectivity index (χ4v) is 2.56. The molecule has 1 aromatic heterocycles. The Bertz CT molecular complexity index is 1010. The molecule has 0 radical (unpaired) electrons. The predicted octanol–water partition coefficient (Wildman–Crippen LogP) is 3.60. The first kappa shape index (κ1) is 22.0. The lowest BCUT2D eigenvalue weighted by Crippen LogP contribution is -2.40. The molecule has 0 fully saturated rings. The minimum absolute atomic E-state index is 0. The van der Waals surface area contributed by atoms with Gasteiger partial charge in [-0.15, -0.1) is 12.4 Å². The highest BCUT2D eigenvalue weighted by atomic mass is 35.5. The molecule has 3 aromatic rings. The number of oxazole rings is 1. The largest absolute Gasteiger partial charge is 0.444 e. The number of halogens is 3. The number of nitrogens with zero attached hydrogens (tertiary/aromatic N) is 2. The van der Waals surface area contributed by atoms with Crippen LogP contribution in [0.1, 0.15) is 22.1 Å². The van der Waals surface area contributed by atoms with Gasteiger partial charge in [0.2, 0.25) is 11.8 Å². The van der Waals surface area contributed by atoms with E-state index in [-0.39, 0.29) is 29.6 Å². The van der Waals surface area contributed by atoms with Crippen LogP contribution in [0.4, 0.5) is 8.78 Å². The van der Waals surface area contributed by atoms with Crippen molar-refractivity contribution in [3.05, 3.63) is 77.7 Å². The van der Waals surface area contributed by atoms with Gasteiger partial charge in [0.05, 0.1) is 0 Å². The summed E-state index contributed by atoms with van der Waals surface area (Å²) in [6.45, 7) is 0. The summed E-state index contributed by atoms with van der Waals surface area (Å²) in [5.74, 6) is -2.80. The molecule has 0 aliphatic carbocycles. The van der Waals surface area contributed by atoms with Crippen molar-refractivity contribution in [1.82, 2.24) is 15.2 Å². The Balaban J connectivity index is 0.00000300. The number of benzene rings is 2. The molecule has 9 heteroatoms. The number of carbonyl (C=O) groups is 2. The predicted molar refractivity (Wildman–Crippen MR) is 104 cm³/mol. The molecule has 3 rings (SSSR count). The first-order valence-electron chi connectivity index (χ1n) is 8.34. The van der Waals surface area contributed by atoms with Gasteiger partial charge in [0.25, 0.3) is 5.91 Å². The lowest BCUT2D eigenvalue weighted by molar-refractivity contribution is -0.130. The molecule has 0 aliphatic heterocycles. The summed E-state index contributed by atoms with van der Waals surface area (Å²) < 4.78 is 32.7. The fraction of sp³-hybridized carbons (Fsp3) is 0.150. The second-order valence-corrected chi connectivity index (χ2v) is 6.21. The lowest BCUT2D eigenvalue weighted by atomic mass is 10.0. The van der Waals surface area contributed by atoms with Gasteiger partial charge in [-0.05, 0) is 18.2 Å². The normalized spacial score (nSPS) is 11.3. The number of rotatable bonds is 5. The van der Waals surface area contributed by atoms with Crippen molar-refractivity contribution in [2.24, 2.45) is 0 Å². The van der Waals surface area contributed by atoms with Crippen LogP contribution in [0, 0.1) is 11.6 Å². The van der Waals surface area contributed by atoms with E-state index < -0.39 is 29.5 Å². The fourth-order valence-electron chi connectivity index (χ4n) is 2.56. The number of carbonyl (C=O) groups excluding carboxylic acids is 2. The third-order valence-corrected chi connectivity index (χ3v) is 3.99. The molecule has 0 aliphatic rings. The first-order chi connectivity index (χ1) is 13.4. The average Bonchev–Trinajstić information content (AvgIpc) is 3.17. The quantitative estimate of drug-likeness (QED) is 0.683. The summed E-state index contributed by atoms with van der Waals surface area (Å²) in [5, 5.41) is 2.44. The maximum Gasteiger partial charge on any atom is 0.274 e. The maximum atomic E-state index is 14.2. The molecule has 2 amide bonds. The summed E-state index contributed by atoms with van der Waals surface area (Å²) >= 11 is 0. The second-order valence-electron chi connectivity index (χ2n) is 6.21. The highest BCUT2D eigenvalue weighted by Gasteiger charge is 2.28. The van der Waals surface area contributed by atoms with Crippen molar-refractivity contribution in [2.45, 2.75) is 6.04 Å². The Morgan fingerprint density at radius 1 is 1.10 bits per heavy atom. The van der Waals surface area contributed by atoms with Crippen LogP contribution in [-0.4, -0.2) is 35.8 Å². The zero-order chi connectivity index (χ0) is 20.3. The minimum Gasteiger partial charge on any atom is -0.444 e. The van der Waals surface area contributed by atoms with Gasteiger partial charge in [0, 0.05) is 31.3 Å². The van der Waals surface area contributed by atoms with Crippen LogP contribution in [0.25, 0.3) is 11.5 Å². The van der Waals surface area contributed by atoms with Crippen molar-refractivity contribution in [3.8, 4) is 11.5 Å². The van der Waals surface area contributed by atoms with Gasteiger partial charge in [-0.3, -0.25) is 9.59 Å². The van der Waals surface area contributed by atoms with Crippen molar-refractivity contribution >= 4 is 24.2 Å². The van der Waals surface area contributed by atoms with Crippen LogP contribution in [0.3, 0.4) is 0 Å². The van der Waals surface area contributed by atoms with E-state index in [1.807, 2.05) is 6.07 Å². The molecular formula is C20H18ClF2N3O3. The smallest absolute Gasteiger partial charge is 0.274 e. The van der Waals surface area contributed by atoms with Crippen molar-refractivity contribution < 1.29 is 22.8 Å². The maximum absolute atomic E-state index is 14.2. The molecule has 0 saturated carbocycles. The SMILES string of the molecule is CN(C)C(=O)C(NC(=O)c1coc(-c2ccccc2)n1)c1ccc(F)cc1F.Cl. The lowest BCUT2D eigenvalue weighted by Gasteiger charge is -2.22. The third-order valence-electron chi connectivity index (χ3n) is 3.99. The van der Waals surface area contributed by atoms with E-state index in [1.54, 1.807) is 24.3 Å². The Morgan fingerprint density at radius 2 is 1.79 bits per heavy atom. The van der Waals surface area contributed by atoms with Gasteiger partial charge in [0.15, 0.2) is 5.69 Å². The number of hydrogen-bond donors (Lipinski definition) is 1. The van der Waals surface area contributed by atoms with Crippen LogP contribution < -0.4 is 5.32 Å². The summed E-state index contributed by atoms with van der Waals surface area (Å²) in [7, 11) is 2.93. The van der Waals surface area contributed by atoms with Crippen molar-refractivity contribution in [2.75, 3.05) is 14.1 Å². The standard InChI is InChI=1S/C20H17F2N3O3.ClH/c1-25(2)20(27)17(14-9-8-13(21)10-15(14)22)24-18(26)16-11-28-19(23-16)12-6-4-3-5-7-12;/h3-11,17H,1-2H3,(H,24,26);1H. The Kier molecular flexibility index (Phi) is 7.06. The molecule has 6 nitrogen and oxygen atoms in total. The van der Waals surface area contributed by atoms with Gasteiger partial charge in [-0.1, -0.05) is 24.3 Å². The number of nitrogens with one attached hydrogen (secondary N) is 1. The summed E-state index contributed by atoms with van der Waals surface area (Å²) in [4.78, 5) is 30.4. The zero-order valence-corrected chi connectivity index (χ0v) is 16.4. The third kappa shape index (κ3) is 4.97. The van der Waals surface area contributed by atoms with Crippen LogP contribution in [0.15, 0.2) is 59.2 Å². The molecule has 29 heavy (non-hydrogen) atoms. The molecular weight excluding hydrogens is 404 g/mol. The van der Waals surface area contributed by atoms with Crippen LogP contribution in [0.5, 0.6) is 0 Å². The highest BCUT2D eigenvalue weighted by Crippen LogP contribution is 2.22. The first-order valence-corrected chi connectivity index (χ1v) is 8.34. The number of aromatic nitrogens is 1. The van der Waals surface area contributed by atoms with Crippen LogP contribution in [0.2, 0.25) is 0 Å². The van der Waals surface area contributed by atoms with Crippen molar-refractivity contribution in [1.29, 1.82) is 0 Å². The summed E-state index contributed by atoms with van der Waals surface area (Å²) in [5.41, 5.74) is 0.449. The molecule has 2 aromatic carbocycles. The van der Waals surface area contributed by atoms with E-state index >= 15 is 0 Å². The van der Waals surface area contributed by atoms with Gasteiger partial charge in [-0.25, -0.2) is 13.8 Å². The number of amides is 2. The Hall–Kier alpha value is -3.26. The van der Waals surface area contributed by atoms with Gasteiger partial charge >= 0.3 is 0 Å². The number of likely N-dealkylation sites (N-methyl/N-ethyl adjacent to an activating group) is 1. The summed E-state index contributed by atoms with van der Waals surface area (Å²) in [6.07, 6.45) is 1.15. The van der Waals surface area contributed by atoms with E-state index in [1.165, 1.54) is 19.0 Å². The van der Waals surface area contributed by atoms with E-state index in [0.717, 1.165) is 18.4 Å². The van der Waals surface area contributed by atoms with Gasteiger partial charge < -0.3 is 14.6 Å². The van der Waals surface area contributed by atoms with E-state index in [9.17, 15) is 18.4 Å². The molecule has 1 N–H and O–H groups in total. The van der Waals surface area contributed by atoms with Gasteiger partial charge in [0.1, 0.15) is 23.9 Å². The van der Waals surface area contributed by atoms with Crippen molar-refractivity contribution in [3.63, 3.8) is 0 Å². The number of hydrogen-bond acceptors (Lipinski definition) is 4. The van der Waals surface area contributed by atoms with E-state index in [0.29, 0.717) is 11.6 Å². The molecule has 0 spiro atoms. The van der Waals surface area contributed by atoms with Gasteiger partial charge in [-0.2, -0.15) is 0 Å². The summed E-state index contributed by atoms with van der Waals surface area (Å²) in [6, 6.07) is 10.4. The zero-order valence-electron chi connectivity index (χ0n) is 15.6. The molecule has 1 atom stereocenters. The van der Waals surface area contributed by atoms with Crippen LogP contribution in [-0.2, 0) is 4.79 Å². The van der Waals surface area contributed by atoms with E-state index in [2.05, 4.69) is 10.3 Å². The monoisotopic (exact) mass is 421 g/mol. The Labute approximate surface area is 172 Å². The van der Waals surface area contributed by atoms with Crippen LogP contribution >= 0.6 is 12.4 Å². The molecule has 152 valence electrons. The second kappa shape index (κ2) is 9.29. The van der Waals surface area contributed by atoms with E-state index in [4.69, 9.17) is 4.42 Å². The molecule has 0 saturated heterocycles. The molecule has 0 bridgehead atoms. The topological polar surface area (TPSA) is 75.4 Å². The average molecular weight is 422 g/mol.